The molecule has 7 rings (SSSR count). The van der Waals surface area contributed by atoms with Crippen molar-refractivity contribution < 1.29 is 32.3 Å². The van der Waals surface area contributed by atoms with E-state index in [4.69, 9.17) is 4.74 Å². The van der Waals surface area contributed by atoms with Gasteiger partial charge < -0.3 is 20.3 Å². The lowest BCUT2D eigenvalue weighted by Gasteiger charge is -2.31. The number of aromatic nitrogens is 2. The molecule has 0 bridgehead atoms. The minimum atomic E-state index is -4.23. The average molecular weight is 839 g/mol. The zero-order valence-corrected chi connectivity index (χ0v) is 34.0. The van der Waals surface area contributed by atoms with Crippen molar-refractivity contribution in [1.82, 2.24) is 30.0 Å². The van der Waals surface area contributed by atoms with Gasteiger partial charge in [-0.25, -0.2) is 22.6 Å². The summed E-state index contributed by atoms with van der Waals surface area (Å²) in [4.78, 5) is 71.5. The molecule has 4 aromatic rings. The van der Waals surface area contributed by atoms with Crippen LogP contribution in [0.2, 0.25) is 0 Å². The van der Waals surface area contributed by atoms with Crippen LogP contribution in [0.1, 0.15) is 58.4 Å². The summed E-state index contributed by atoms with van der Waals surface area (Å²) < 4.78 is 35.0. The second kappa shape index (κ2) is 16.1. The van der Waals surface area contributed by atoms with Gasteiger partial charge in [0.2, 0.25) is 11.8 Å². The number of nitrogens with one attached hydrogen (secondary N) is 3. The standard InChI is InChI=1S/C38H42N6O8S4/c1-4-25-17-38(25,36(48)42-56(50,51)30-10-7-13-55-30)41-33(45)29-16-26(19-43(29)35(47)32(22(2)3)40-37(49)52-27-8-5-6-9-27)44-34(46)31(24-12-15-54-21-24)28(18-39-44)23-11-14-53-20-23/h4,7,10-15,18,20-22,25-27,29,32H,1,5-6,8-9,16-17,19H2,2-3H3,(H,40,49)(H,41,45)(H,42,48)/t25-,26-,29+,32+,38-/m1/s1. The quantitative estimate of drug-likeness (QED) is 0.153. The van der Waals surface area contributed by atoms with E-state index in [-0.39, 0.29) is 29.7 Å². The van der Waals surface area contributed by atoms with Gasteiger partial charge in [-0.3, -0.25) is 19.2 Å². The van der Waals surface area contributed by atoms with Crippen LogP contribution in [-0.4, -0.2) is 77.2 Å². The molecule has 0 aromatic carbocycles. The fourth-order valence-corrected chi connectivity index (χ4v) is 10.9. The Morgan fingerprint density at radius 2 is 1.77 bits per heavy atom. The van der Waals surface area contributed by atoms with Gasteiger partial charge >= 0.3 is 6.09 Å². The highest BCUT2D eigenvalue weighted by atomic mass is 32.2. The fraction of sp³-hybridized carbons (Fsp3) is 0.421. The Labute approximate surface area is 336 Å². The third kappa shape index (κ3) is 7.83. The normalized spacial score (nSPS) is 22.8. The molecule has 2 aliphatic carbocycles. The van der Waals surface area contributed by atoms with E-state index in [2.05, 4.69) is 27.0 Å². The third-order valence-electron chi connectivity index (χ3n) is 10.7. The van der Waals surface area contributed by atoms with Crippen molar-refractivity contribution in [3.8, 4) is 22.3 Å². The zero-order valence-electron chi connectivity index (χ0n) is 30.7. The summed E-state index contributed by atoms with van der Waals surface area (Å²) in [5.74, 6) is -3.27. The topological polar surface area (TPSA) is 186 Å². The molecular formula is C38H42N6O8S4. The van der Waals surface area contributed by atoms with Crippen molar-refractivity contribution in [2.75, 3.05) is 6.54 Å². The van der Waals surface area contributed by atoms with Crippen molar-refractivity contribution in [3.63, 3.8) is 0 Å². The predicted molar refractivity (Wildman–Crippen MR) is 214 cm³/mol. The predicted octanol–water partition coefficient (Wildman–Crippen LogP) is 5.16. The van der Waals surface area contributed by atoms with E-state index in [1.807, 2.05) is 33.7 Å². The van der Waals surface area contributed by atoms with E-state index in [0.29, 0.717) is 16.7 Å². The largest absolute Gasteiger partial charge is 0.446 e. The molecule has 0 spiro atoms. The molecule has 0 unspecified atom stereocenters. The number of sulfonamides is 1. The Morgan fingerprint density at radius 3 is 2.38 bits per heavy atom. The van der Waals surface area contributed by atoms with Gasteiger partial charge in [0.25, 0.3) is 21.5 Å². The molecule has 18 heteroatoms. The van der Waals surface area contributed by atoms with Crippen molar-refractivity contribution in [3.05, 3.63) is 80.4 Å². The summed E-state index contributed by atoms with van der Waals surface area (Å²) in [7, 11) is -4.23. The van der Waals surface area contributed by atoms with Crippen LogP contribution in [0.15, 0.2) is 79.0 Å². The van der Waals surface area contributed by atoms with Crippen LogP contribution in [0.4, 0.5) is 4.79 Å². The number of thiophene rings is 3. The minimum absolute atomic E-state index is 0.0629. The van der Waals surface area contributed by atoms with Crippen LogP contribution in [-0.2, 0) is 29.1 Å². The molecule has 296 valence electrons. The number of amides is 4. The number of alkyl carbamates (subject to hydrolysis) is 1. The molecule has 4 aromatic heterocycles. The van der Waals surface area contributed by atoms with Gasteiger partial charge in [0.15, 0.2) is 0 Å². The average Bonchev–Trinajstić information content (AvgIpc) is 3.94. The summed E-state index contributed by atoms with van der Waals surface area (Å²) in [6.07, 6.45) is 5.47. The Bertz CT molecular complexity index is 2270. The molecule has 14 nitrogen and oxygen atoms in total. The summed E-state index contributed by atoms with van der Waals surface area (Å²) in [6, 6.07) is 3.54. The van der Waals surface area contributed by atoms with Crippen molar-refractivity contribution in [2.24, 2.45) is 11.8 Å². The molecule has 3 fully saturated rings. The van der Waals surface area contributed by atoms with Crippen molar-refractivity contribution in [1.29, 1.82) is 0 Å². The lowest BCUT2D eigenvalue weighted by molar-refractivity contribution is -0.141. The van der Waals surface area contributed by atoms with Gasteiger partial charge in [-0.1, -0.05) is 26.0 Å². The number of hydrogen-bond acceptors (Lipinski definition) is 12. The van der Waals surface area contributed by atoms with Gasteiger partial charge in [0.1, 0.15) is 27.9 Å². The van der Waals surface area contributed by atoms with E-state index in [0.717, 1.165) is 42.6 Å². The minimum Gasteiger partial charge on any atom is -0.446 e. The fourth-order valence-electron chi connectivity index (χ4n) is 7.56. The van der Waals surface area contributed by atoms with Crippen LogP contribution in [0, 0.1) is 11.8 Å². The van der Waals surface area contributed by atoms with Crippen LogP contribution >= 0.6 is 34.0 Å². The first-order chi connectivity index (χ1) is 26.8. The smallest absolute Gasteiger partial charge is 0.408 e. The Morgan fingerprint density at radius 1 is 1.05 bits per heavy atom. The number of carbonyl (C=O) groups excluding carboxylic acids is 4. The zero-order chi connectivity index (χ0) is 39.8. The van der Waals surface area contributed by atoms with Crippen LogP contribution in [0.25, 0.3) is 22.3 Å². The van der Waals surface area contributed by atoms with Gasteiger partial charge in [0.05, 0.1) is 17.8 Å². The Balaban J connectivity index is 1.21. The molecule has 1 aliphatic heterocycles. The highest BCUT2D eigenvalue weighted by Crippen LogP contribution is 2.45. The molecule has 1 saturated heterocycles. The van der Waals surface area contributed by atoms with E-state index < -0.39 is 74.9 Å². The van der Waals surface area contributed by atoms with E-state index in [1.54, 1.807) is 31.5 Å². The van der Waals surface area contributed by atoms with Gasteiger partial charge in [-0.2, -0.15) is 27.8 Å². The van der Waals surface area contributed by atoms with Crippen molar-refractivity contribution in [2.45, 2.75) is 86.3 Å². The Hall–Kier alpha value is -4.65. The number of rotatable bonds is 13. The van der Waals surface area contributed by atoms with E-state index in [1.165, 1.54) is 44.4 Å². The molecule has 56 heavy (non-hydrogen) atoms. The highest BCUT2D eigenvalue weighted by Gasteiger charge is 2.61. The first-order valence-corrected chi connectivity index (χ1v) is 22.6. The third-order valence-corrected chi connectivity index (χ3v) is 14.8. The maximum Gasteiger partial charge on any atom is 0.408 e. The SMILES string of the molecule is C=C[C@@H]1C[C@]1(NC(=O)[C@@H]1C[C@@H](n2ncc(-c3ccsc3)c(-c3ccsc3)c2=O)CN1C(=O)[C@@H](NC(=O)OC1CCCC1)C(C)C)C(=O)NS(=O)(=O)c1cccs1. The number of hydrogen-bond donors (Lipinski definition) is 3. The maximum atomic E-state index is 14.6. The number of carbonyl (C=O) groups is 4. The molecule has 3 N–H and O–H groups in total. The molecule has 3 aliphatic rings. The second-order valence-electron chi connectivity index (χ2n) is 14.7. The van der Waals surface area contributed by atoms with Crippen LogP contribution in [0.5, 0.6) is 0 Å². The van der Waals surface area contributed by atoms with E-state index in [9.17, 15) is 32.4 Å². The summed E-state index contributed by atoms with van der Waals surface area (Å²) in [5, 5.41) is 19.2. The first-order valence-electron chi connectivity index (χ1n) is 18.3. The van der Waals surface area contributed by atoms with Crippen LogP contribution in [0.3, 0.4) is 0 Å². The van der Waals surface area contributed by atoms with Gasteiger partial charge in [0, 0.05) is 24.4 Å². The first kappa shape index (κ1) is 39.6. The lowest BCUT2D eigenvalue weighted by Crippen LogP contribution is -2.59. The summed E-state index contributed by atoms with van der Waals surface area (Å²) in [6.45, 7) is 7.18. The second-order valence-corrected chi connectivity index (χ2v) is 19.1. The Kier molecular flexibility index (Phi) is 11.4. The summed E-state index contributed by atoms with van der Waals surface area (Å²) >= 11 is 3.87. The molecular weight excluding hydrogens is 797 g/mol. The monoisotopic (exact) mass is 838 g/mol. The number of nitrogens with zero attached hydrogens (tertiary/aromatic N) is 3. The molecule has 5 atom stereocenters. The van der Waals surface area contributed by atoms with Gasteiger partial charge in [-0.05, 0) is 94.2 Å². The summed E-state index contributed by atoms with van der Waals surface area (Å²) in [5.41, 5.74) is 0.543. The van der Waals surface area contributed by atoms with Crippen LogP contribution < -0.4 is 20.9 Å². The van der Waals surface area contributed by atoms with Gasteiger partial charge in [-0.15, -0.1) is 17.9 Å². The highest BCUT2D eigenvalue weighted by molar-refractivity contribution is 7.92. The molecule has 0 radical (unpaired) electrons. The molecule has 5 heterocycles. The molecule has 2 saturated carbocycles. The number of ether oxygens (including phenoxy) is 1. The molecule has 4 amide bonds. The van der Waals surface area contributed by atoms with E-state index >= 15 is 0 Å². The van der Waals surface area contributed by atoms with Crippen molar-refractivity contribution >= 4 is 67.8 Å². The maximum absolute atomic E-state index is 14.6. The number of likely N-dealkylation sites (tertiary alicyclic amines) is 1. The lowest BCUT2D eigenvalue weighted by atomic mass is 10.0.